The van der Waals surface area contributed by atoms with Gasteiger partial charge in [0.2, 0.25) is 11.8 Å². The Morgan fingerprint density at radius 1 is 1.07 bits per heavy atom. The van der Waals surface area contributed by atoms with Crippen LogP contribution in [0.1, 0.15) is 12.5 Å². The van der Waals surface area contributed by atoms with Gasteiger partial charge < -0.3 is 15.4 Å². The Morgan fingerprint density at radius 3 is 2.44 bits per heavy atom. The van der Waals surface area contributed by atoms with Crippen molar-refractivity contribution in [3.8, 4) is 5.75 Å². The van der Waals surface area contributed by atoms with Crippen LogP contribution in [0.3, 0.4) is 0 Å². The van der Waals surface area contributed by atoms with E-state index in [4.69, 9.17) is 0 Å². The van der Waals surface area contributed by atoms with E-state index in [1.54, 1.807) is 0 Å². The fourth-order valence-electron chi connectivity index (χ4n) is 2.07. The molecule has 2 aromatic carbocycles. The first-order chi connectivity index (χ1) is 12.6. The molecule has 0 fully saturated rings. The van der Waals surface area contributed by atoms with Gasteiger partial charge in [0.1, 0.15) is 11.6 Å². The Kier molecular flexibility index (Phi) is 6.17. The van der Waals surface area contributed by atoms with Crippen LogP contribution in [0.25, 0.3) is 6.08 Å². The minimum atomic E-state index is -4.86. The molecule has 0 aliphatic carbocycles. The summed E-state index contributed by atoms with van der Waals surface area (Å²) in [5.74, 6) is -2.29. The van der Waals surface area contributed by atoms with E-state index in [-0.39, 0.29) is 16.9 Å². The molecule has 0 unspecified atom stereocenters. The standard InChI is InChI=1S/C18H14F4N2O3/c1-11(25)23-15-10-13(7-8-14(15)19)24-17(26)9-6-12-4-2-3-5-16(12)27-18(20,21)22/h2-10H,1H3,(H,23,25)(H,24,26)/b9-6+. The van der Waals surface area contributed by atoms with Crippen LogP contribution in [-0.4, -0.2) is 18.2 Å². The van der Waals surface area contributed by atoms with Crippen LogP contribution in [0.5, 0.6) is 5.75 Å². The number of nitrogens with one attached hydrogen (secondary N) is 2. The third-order valence-corrected chi connectivity index (χ3v) is 3.10. The lowest BCUT2D eigenvalue weighted by Gasteiger charge is -2.11. The van der Waals surface area contributed by atoms with Gasteiger partial charge in [0.25, 0.3) is 0 Å². The zero-order valence-electron chi connectivity index (χ0n) is 13.9. The highest BCUT2D eigenvalue weighted by atomic mass is 19.4. The molecule has 0 heterocycles. The molecule has 2 amide bonds. The predicted molar refractivity (Wildman–Crippen MR) is 91.5 cm³/mol. The average Bonchev–Trinajstić information content (AvgIpc) is 2.55. The normalized spacial score (nSPS) is 11.3. The maximum Gasteiger partial charge on any atom is 0.573 e. The van der Waals surface area contributed by atoms with Crippen LogP contribution in [0.15, 0.2) is 48.5 Å². The lowest BCUT2D eigenvalue weighted by Crippen LogP contribution is -2.17. The van der Waals surface area contributed by atoms with Gasteiger partial charge in [-0.3, -0.25) is 9.59 Å². The number of benzene rings is 2. The number of rotatable bonds is 5. The largest absolute Gasteiger partial charge is 0.573 e. The average molecular weight is 382 g/mol. The molecule has 2 aromatic rings. The number of carbonyl (C=O) groups is 2. The number of alkyl halides is 3. The van der Waals surface area contributed by atoms with Crippen LogP contribution < -0.4 is 15.4 Å². The number of para-hydroxylation sites is 1. The first-order valence-electron chi connectivity index (χ1n) is 7.55. The maximum atomic E-state index is 13.6. The number of anilines is 2. The Bertz CT molecular complexity index is 879. The number of hydrogen-bond acceptors (Lipinski definition) is 3. The Morgan fingerprint density at radius 2 is 1.78 bits per heavy atom. The zero-order chi connectivity index (χ0) is 20.0. The molecule has 0 atom stereocenters. The van der Waals surface area contributed by atoms with Crippen molar-refractivity contribution in [1.82, 2.24) is 0 Å². The zero-order valence-corrected chi connectivity index (χ0v) is 13.9. The van der Waals surface area contributed by atoms with Crippen LogP contribution in [-0.2, 0) is 9.59 Å². The Balaban J connectivity index is 2.11. The highest BCUT2D eigenvalue weighted by molar-refractivity contribution is 6.02. The molecule has 0 saturated heterocycles. The van der Waals surface area contributed by atoms with Crippen molar-refractivity contribution in [2.24, 2.45) is 0 Å². The molecule has 9 heteroatoms. The Labute approximate surface area is 151 Å². The van der Waals surface area contributed by atoms with E-state index in [2.05, 4.69) is 15.4 Å². The number of halogens is 4. The molecule has 5 nitrogen and oxygen atoms in total. The number of hydrogen-bond donors (Lipinski definition) is 2. The summed E-state index contributed by atoms with van der Waals surface area (Å²) in [5.41, 5.74) is 0.117. The van der Waals surface area contributed by atoms with E-state index < -0.39 is 29.7 Å². The van der Waals surface area contributed by atoms with Crippen molar-refractivity contribution in [2.75, 3.05) is 10.6 Å². The van der Waals surface area contributed by atoms with E-state index in [0.29, 0.717) is 0 Å². The minimum absolute atomic E-state index is 0.0445. The molecule has 0 bridgehead atoms. The van der Waals surface area contributed by atoms with Crippen molar-refractivity contribution >= 4 is 29.3 Å². The number of amides is 2. The summed E-state index contributed by atoms with van der Waals surface area (Å²) in [7, 11) is 0. The molecular formula is C18H14F4N2O3. The van der Waals surface area contributed by atoms with Gasteiger partial charge in [-0.2, -0.15) is 0 Å². The fourth-order valence-corrected chi connectivity index (χ4v) is 2.07. The quantitative estimate of drug-likeness (QED) is 0.597. The minimum Gasteiger partial charge on any atom is -0.405 e. The second-order valence-electron chi connectivity index (χ2n) is 5.28. The SMILES string of the molecule is CC(=O)Nc1cc(NC(=O)/C=C/c2ccccc2OC(F)(F)F)ccc1F. The highest BCUT2D eigenvalue weighted by Crippen LogP contribution is 2.27. The molecular weight excluding hydrogens is 368 g/mol. The summed E-state index contributed by atoms with van der Waals surface area (Å²) in [5, 5.41) is 4.68. The van der Waals surface area contributed by atoms with Gasteiger partial charge in [-0.25, -0.2) is 4.39 Å². The van der Waals surface area contributed by atoms with Gasteiger partial charge >= 0.3 is 6.36 Å². The molecule has 0 aliphatic heterocycles. The van der Waals surface area contributed by atoms with Crippen molar-refractivity contribution in [1.29, 1.82) is 0 Å². The Hall–Kier alpha value is -3.36. The smallest absolute Gasteiger partial charge is 0.405 e. The lowest BCUT2D eigenvalue weighted by atomic mass is 10.2. The third kappa shape index (κ3) is 6.46. The fraction of sp³-hybridized carbons (Fsp3) is 0.111. The second kappa shape index (κ2) is 8.35. The van der Waals surface area contributed by atoms with Crippen molar-refractivity contribution in [2.45, 2.75) is 13.3 Å². The predicted octanol–water partition coefficient (Wildman–Crippen LogP) is 4.33. The molecule has 2 rings (SSSR count). The van der Waals surface area contributed by atoms with Gasteiger partial charge in [0.05, 0.1) is 5.69 Å². The lowest BCUT2D eigenvalue weighted by molar-refractivity contribution is -0.274. The summed E-state index contributed by atoms with van der Waals surface area (Å²) < 4.78 is 54.6. The molecule has 2 N–H and O–H groups in total. The molecule has 0 saturated carbocycles. The van der Waals surface area contributed by atoms with Crippen molar-refractivity contribution in [3.63, 3.8) is 0 Å². The first-order valence-corrected chi connectivity index (χ1v) is 7.55. The van der Waals surface area contributed by atoms with Crippen molar-refractivity contribution in [3.05, 3.63) is 59.9 Å². The van der Waals surface area contributed by atoms with E-state index in [1.807, 2.05) is 0 Å². The molecule has 0 spiro atoms. The summed E-state index contributed by atoms with van der Waals surface area (Å²) in [6, 6.07) is 8.84. The first kappa shape index (κ1) is 20.0. The third-order valence-electron chi connectivity index (χ3n) is 3.10. The molecule has 142 valence electrons. The van der Waals surface area contributed by atoms with E-state index in [1.165, 1.54) is 37.3 Å². The topological polar surface area (TPSA) is 67.4 Å². The van der Waals surface area contributed by atoms with Crippen LogP contribution in [0.4, 0.5) is 28.9 Å². The monoisotopic (exact) mass is 382 g/mol. The summed E-state index contributed by atoms with van der Waals surface area (Å²) in [6.07, 6.45) is -2.71. The van der Waals surface area contributed by atoms with Crippen molar-refractivity contribution < 1.29 is 31.9 Å². The highest BCUT2D eigenvalue weighted by Gasteiger charge is 2.31. The van der Waals surface area contributed by atoms with Gasteiger partial charge in [0, 0.05) is 24.3 Å². The van der Waals surface area contributed by atoms with Gasteiger partial charge in [-0.15, -0.1) is 13.2 Å². The van der Waals surface area contributed by atoms with Gasteiger partial charge in [-0.05, 0) is 30.3 Å². The summed E-state index contributed by atoms with van der Waals surface area (Å²) in [4.78, 5) is 23.0. The van der Waals surface area contributed by atoms with E-state index >= 15 is 0 Å². The van der Waals surface area contributed by atoms with Crippen LogP contribution in [0, 0.1) is 5.82 Å². The molecule has 0 aliphatic rings. The maximum absolute atomic E-state index is 13.6. The van der Waals surface area contributed by atoms with Crippen LogP contribution >= 0.6 is 0 Å². The van der Waals surface area contributed by atoms with Gasteiger partial charge in [0.15, 0.2) is 0 Å². The second-order valence-corrected chi connectivity index (χ2v) is 5.28. The number of ether oxygens (including phenoxy) is 1. The molecule has 0 aromatic heterocycles. The number of carbonyl (C=O) groups excluding carboxylic acids is 2. The van der Waals surface area contributed by atoms with Gasteiger partial charge in [-0.1, -0.05) is 18.2 Å². The van der Waals surface area contributed by atoms with E-state index in [9.17, 15) is 27.2 Å². The molecule has 0 radical (unpaired) electrons. The molecule has 27 heavy (non-hydrogen) atoms. The van der Waals surface area contributed by atoms with E-state index in [0.717, 1.165) is 24.3 Å². The summed E-state index contributed by atoms with van der Waals surface area (Å²) in [6.45, 7) is 1.20. The van der Waals surface area contributed by atoms with Crippen LogP contribution in [0.2, 0.25) is 0 Å². The summed E-state index contributed by atoms with van der Waals surface area (Å²) >= 11 is 0.